The van der Waals surface area contributed by atoms with Crippen molar-refractivity contribution in [3.8, 4) is 0 Å². The lowest BCUT2D eigenvalue weighted by Gasteiger charge is -2.27. The fraction of sp³-hybridized carbons (Fsp3) is 0.278. The molecule has 2 aromatic rings. The molecule has 27 heavy (non-hydrogen) atoms. The van der Waals surface area contributed by atoms with Crippen LogP contribution >= 0.6 is 11.6 Å². The van der Waals surface area contributed by atoms with E-state index in [9.17, 15) is 19.7 Å². The zero-order valence-corrected chi connectivity index (χ0v) is 16.0. The minimum absolute atomic E-state index is 0.0651. The van der Waals surface area contributed by atoms with Gasteiger partial charge in [0.05, 0.1) is 10.5 Å². The Morgan fingerprint density at radius 2 is 1.93 bits per heavy atom. The smallest absolute Gasteiger partial charge is 0.420 e. The molecule has 0 aliphatic heterocycles. The summed E-state index contributed by atoms with van der Waals surface area (Å²) in [5, 5.41) is 11.6. The SMILES string of the molecule is CC(=O)c1cccnc1N(C(=O)OC(C)(C)C)c1ccc(Cl)cc1[N+](=O)[O-]. The van der Waals surface area contributed by atoms with Crippen LogP contribution in [0.3, 0.4) is 0 Å². The Labute approximate surface area is 160 Å². The zero-order valence-electron chi connectivity index (χ0n) is 15.2. The fourth-order valence-corrected chi connectivity index (χ4v) is 2.45. The van der Waals surface area contributed by atoms with Crippen LogP contribution in [0, 0.1) is 10.1 Å². The van der Waals surface area contributed by atoms with Crippen molar-refractivity contribution in [3.05, 3.63) is 57.2 Å². The van der Waals surface area contributed by atoms with Gasteiger partial charge in [-0.1, -0.05) is 11.6 Å². The molecule has 2 rings (SSSR count). The number of anilines is 2. The zero-order chi connectivity index (χ0) is 20.4. The second-order valence-corrected chi connectivity index (χ2v) is 7.07. The fourth-order valence-electron chi connectivity index (χ4n) is 2.29. The highest BCUT2D eigenvalue weighted by Gasteiger charge is 2.33. The van der Waals surface area contributed by atoms with Gasteiger partial charge < -0.3 is 4.74 Å². The molecule has 9 heteroatoms. The molecule has 0 aliphatic carbocycles. The number of aromatic nitrogens is 1. The lowest BCUT2D eigenvalue weighted by Crippen LogP contribution is -2.35. The maximum absolute atomic E-state index is 12.9. The average Bonchev–Trinajstić information content (AvgIpc) is 2.55. The van der Waals surface area contributed by atoms with Gasteiger partial charge >= 0.3 is 6.09 Å². The third-order valence-corrected chi connectivity index (χ3v) is 3.56. The van der Waals surface area contributed by atoms with Crippen LogP contribution in [-0.4, -0.2) is 27.4 Å². The molecule has 0 fully saturated rings. The van der Waals surface area contributed by atoms with Crippen molar-refractivity contribution in [2.24, 2.45) is 0 Å². The predicted octanol–water partition coefficient (Wildman–Crippen LogP) is 4.92. The number of nitrogens with zero attached hydrogens (tertiary/aromatic N) is 3. The monoisotopic (exact) mass is 391 g/mol. The van der Waals surface area contributed by atoms with Crippen LogP contribution in [0.4, 0.5) is 22.0 Å². The van der Waals surface area contributed by atoms with Gasteiger partial charge in [-0.2, -0.15) is 0 Å². The van der Waals surface area contributed by atoms with Crippen molar-refractivity contribution < 1.29 is 19.2 Å². The van der Waals surface area contributed by atoms with Gasteiger partial charge in [0.1, 0.15) is 11.3 Å². The maximum atomic E-state index is 12.9. The Morgan fingerprint density at radius 1 is 1.26 bits per heavy atom. The maximum Gasteiger partial charge on any atom is 0.420 e. The van der Waals surface area contributed by atoms with Gasteiger partial charge in [0, 0.05) is 17.3 Å². The van der Waals surface area contributed by atoms with Crippen LogP contribution in [0.15, 0.2) is 36.5 Å². The minimum atomic E-state index is -0.908. The molecule has 0 unspecified atom stereocenters. The number of carbonyl (C=O) groups excluding carboxylic acids is 2. The molecule has 142 valence electrons. The topological polar surface area (TPSA) is 103 Å². The third kappa shape index (κ3) is 4.79. The minimum Gasteiger partial charge on any atom is -0.443 e. The number of hydrogen-bond donors (Lipinski definition) is 0. The van der Waals surface area contributed by atoms with Crippen molar-refractivity contribution in [2.45, 2.75) is 33.3 Å². The Balaban J connectivity index is 2.75. The normalized spacial score (nSPS) is 11.0. The summed E-state index contributed by atoms with van der Waals surface area (Å²) in [4.78, 5) is 40.8. The highest BCUT2D eigenvalue weighted by molar-refractivity contribution is 6.31. The van der Waals surface area contributed by atoms with Crippen LogP contribution in [0.2, 0.25) is 5.02 Å². The summed E-state index contributed by atoms with van der Waals surface area (Å²) in [5.74, 6) is -0.423. The molecule has 0 saturated heterocycles. The van der Waals surface area contributed by atoms with Crippen LogP contribution < -0.4 is 4.90 Å². The summed E-state index contributed by atoms with van der Waals surface area (Å²) in [7, 11) is 0. The van der Waals surface area contributed by atoms with Gasteiger partial charge in [-0.15, -0.1) is 0 Å². The van der Waals surface area contributed by atoms with Gasteiger partial charge in [-0.25, -0.2) is 14.7 Å². The highest BCUT2D eigenvalue weighted by atomic mass is 35.5. The van der Waals surface area contributed by atoms with Crippen molar-refractivity contribution >= 4 is 40.7 Å². The number of hydrogen-bond acceptors (Lipinski definition) is 6. The molecule has 1 aromatic heterocycles. The number of halogens is 1. The second-order valence-electron chi connectivity index (χ2n) is 6.64. The van der Waals surface area contributed by atoms with E-state index < -0.39 is 22.3 Å². The van der Waals surface area contributed by atoms with E-state index in [0.717, 1.165) is 11.0 Å². The highest BCUT2D eigenvalue weighted by Crippen LogP contribution is 2.37. The number of Topliss-reactive ketones (excluding diaryl/α,β-unsaturated/α-hetero) is 1. The third-order valence-electron chi connectivity index (χ3n) is 3.33. The van der Waals surface area contributed by atoms with Crippen LogP contribution in [0.5, 0.6) is 0 Å². The molecule has 0 aliphatic rings. The number of carbonyl (C=O) groups is 2. The van der Waals surface area contributed by atoms with E-state index >= 15 is 0 Å². The molecule has 0 atom stereocenters. The molecular formula is C18H18ClN3O5. The largest absolute Gasteiger partial charge is 0.443 e. The molecule has 1 amide bonds. The Bertz CT molecular complexity index is 908. The Hall–Kier alpha value is -3.00. The average molecular weight is 392 g/mol. The van der Waals surface area contributed by atoms with Crippen molar-refractivity contribution in [3.63, 3.8) is 0 Å². The van der Waals surface area contributed by atoms with Crippen molar-refractivity contribution in [2.75, 3.05) is 4.90 Å². The van der Waals surface area contributed by atoms with Crippen LogP contribution in [0.25, 0.3) is 0 Å². The van der Waals surface area contributed by atoms with E-state index in [1.807, 2.05) is 0 Å². The first kappa shape index (κ1) is 20.3. The first-order valence-corrected chi connectivity index (χ1v) is 8.32. The van der Waals surface area contributed by atoms with Crippen molar-refractivity contribution in [1.82, 2.24) is 4.98 Å². The summed E-state index contributed by atoms with van der Waals surface area (Å²) in [5.41, 5.74) is -1.29. The molecular weight excluding hydrogens is 374 g/mol. The van der Waals surface area contributed by atoms with Gasteiger partial charge in [-0.05, 0) is 52.0 Å². The summed E-state index contributed by atoms with van der Waals surface area (Å²) in [6, 6.07) is 6.83. The molecule has 0 N–H and O–H groups in total. The molecule has 0 saturated carbocycles. The molecule has 1 heterocycles. The lowest BCUT2D eigenvalue weighted by molar-refractivity contribution is -0.384. The molecule has 0 spiro atoms. The standard InChI is InChI=1S/C18H18ClN3O5/c1-11(23)13-6-5-9-20-16(13)21(17(24)27-18(2,3)4)14-8-7-12(19)10-15(14)22(25)26/h5-10H,1-4H3. The molecule has 0 radical (unpaired) electrons. The summed E-state index contributed by atoms with van der Waals surface area (Å²) >= 11 is 5.87. The summed E-state index contributed by atoms with van der Waals surface area (Å²) in [6.07, 6.45) is 0.468. The number of nitro groups is 1. The van der Waals surface area contributed by atoms with E-state index in [0.29, 0.717) is 0 Å². The molecule has 0 bridgehead atoms. The number of rotatable bonds is 4. The Morgan fingerprint density at radius 3 is 2.48 bits per heavy atom. The molecule has 1 aromatic carbocycles. The number of pyridine rings is 1. The van der Waals surface area contributed by atoms with E-state index in [-0.39, 0.29) is 27.9 Å². The van der Waals surface area contributed by atoms with E-state index in [2.05, 4.69) is 4.98 Å². The number of ketones is 1. The van der Waals surface area contributed by atoms with Gasteiger partial charge in [0.25, 0.3) is 5.69 Å². The van der Waals surface area contributed by atoms with Crippen LogP contribution in [-0.2, 0) is 4.74 Å². The molecule has 8 nitrogen and oxygen atoms in total. The van der Waals surface area contributed by atoms with Gasteiger partial charge in [0.2, 0.25) is 0 Å². The number of amides is 1. The summed E-state index contributed by atoms with van der Waals surface area (Å²) < 4.78 is 5.39. The number of benzene rings is 1. The predicted molar refractivity (Wildman–Crippen MR) is 101 cm³/mol. The second kappa shape index (κ2) is 7.71. The van der Waals surface area contributed by atoms with Crippen molar-refractivity contribution in [1.29, 1.82) is 0 Å². The van der Waals surface area contributed by atoms with Gasteiger partial charge in [-0.3, -0.25) is 14.9 Å². The summed E-state index contributed by atoms with van der Waals surface area (Å²) in [6.45, 7) is 6.28. The van der Waals surface area contributed by atoms with E-state index in [1.54, 1.807) is 20.8 Å². The van der Waals surface area contributed by atoms with E-state index in [1.165, 1.54) is 37.4 Å². The number of ether oxygens (including phenoxy) is 1. The number of nitro benzene ring substituents is 1. The van der Waals surface area contributed by atoms with Gasteiger partial charge in [0.15, 0.2) is 11.6 Å². The van der Waals surface area contributed by atoms with E-state index in [4.69, 9.17) is 16.3 Å². The Kier molecular flexibility index (Phi) is 5.80. The first-order valence-electron chi connectivity index (χ1n) is 7.94. The lowest BCUT2D eigenvalue weighted by atomic mass is 10.1. The van der Waals surface area contributed by atoms with Crippen LogP contribution in [0.1, 0.15) is 38.1 Å². The first-order chi connectivity index (χ1) is 12.5. The quantitative estimate of drug-likeness (QED) is 0.416.